The standard InChI is InChI=1S/C13H19FN2O4S/c1-13(2,3)20-11(18)15-5-4-9(8(14)6-15)16-10(17)7-21-12(16)19/h8-9H,4-7H2,1-3H3. The van der Waals surface area contributed by atoms with Crippen molar-refractivity contribution in [3.8, 4) is 0 Å². The predicted octanol–water partition coefficient (Wildman–Crippen LogP) is 2.03. The summed E-state index contributed by atoms with van der Waals surface area (Å²) < 4.78 is 19.5. The van der Waals surface area contributed by atoms with E-state index in [9.17, 15) is 18.8 Å². The lowest BCUT2D eigenvalue weighted by Crippen LogP contribution is -2.55. The third kappa shape index (κ3) is 3.66. The maximum atomic E-state index is 14.3. The predicted molar refractivity (Wildman–Crippen MR) is 75.8 cm³/mol. The Morgan fingerprint density at radius 3 is 2.52 bits per heavy atom. The monoisotopic (exact) mass is 318 g/mol. The van der Waals surface area contributed by atoms with Crippen molar-refractivity contribution in [2.24, 2.45) is 0 Å². The zero-order chi connectivity index (χ0) is 15.8. The Morgan fingerprint density at radius 2 is 2.05 bits per heavy atom. The molecule has 21 heavy (non-hydrogen) atoms. The quantitative estimate of drug-likeness (QED) is 0.740. The Balaban J connectivity index is 1.98. The van der Waals surface area contributed by atoms with Gasteiger partial charge in [-0.1, -0.05) is 11.8 Å². The van der Waals surface area contributed by atoms with Gasteiger partial charge in [-0.2, -0.15) is 0 Å². The normalized spacial score (nSPS) is 27.2. The van der Waals surface area contributed by atoms with Crippen LogP contribution in [-0.4, -0.2) is 63.7 Å². The van der Waals surface area contributed by atoms with Gasteiger partial charge in [-0.05, 0) is 27.2 Å². The molecule has 2 saturated heterocycles. The number of hydrogen-bond acceptors (Lipinski definition) is 5. The van der Waals surface area contributed by atoms with Crippen LogP contribution in [-0.2, 0) is 9.53 Å². The number of amides is 3. The van der Waals surface area contributed by atoms with Gasteiger partial charge < -0.3 is 9.64 Å². The van der Waals surface area contributed by atoms with E-state index in [-0.39, 0.29) is 31.2 Å². The van der Waals surface area contributed by atoms with E-state index in [1.54, 1.807) is 20.8 Å². The van der Waals surface area contributed by atoms with E-state index in [2.05, 4.69) is 0 Å². The van der Waals surface area contributed by atoms with Crippen LogP contribution in [0.15, 0.2) is 0 Å². The molecule has 0 aliphatic carbocycles. The van der Waals surface area contributed by atoms with E-state index >= 15 is 0 Å². The zero-order valence-corrected chi connectivity index (χ0v) is 13.1. The fourth-order valence-electron chi connectivity index (χ4n) is 2.36. The number of carbonyl (C=O) groups is 3. The number of rotatable bonds is 1. The van der Waals surface area contributed by atoms with Crippen LogP contribution in [0.2, 0.25) is 0 Å². The molecule has 2 atom stereocenters. The van der Waals surface area contributed by atoms with Crippen molar-refractivity contribution in [2.45, 2.75) is 45.0 Å². The average Bonchev–Trinajstić information content (AvgIpc) is 2.67. The zero-order valence-electron chi connectivity index (χ0n) is 12.3. The van der Waals surface area contributed by atoms with Gasteiger partial charge in [0.15, 0.2) is 0 Å². The number of likely N-dealkylation sites (tertiary alicyclic amines) is 1. The van der Waals surface area contributed by atoms with E-state index < -0.39 is 29.1 Å². The molecule has 0 aromatic heterocycles. The number of alkyl halides is 1. The second-order valence-electron chi connectivity index (χ2n) is 6.12. The number of imide groups is 1. The molecule has 6 nitrogen and oxygen atoms in total. The molecule has 0 spiro atoms. The minimum atomic E-state index is -1.45. The number of carbonyl (C=O) groups excluding carboxylic acids is 3. The third-order valence-corrected chi connectivity index (χ3v) is 4.11. The topological polar surface area (TPSA) is 66.9 Å². The van der Waals surface area contributed by atoms with Gasteiger partial charge in [-0.15, -0.1) is 0 Å². The minimum Gasteiger partial charge on any atom is -0.444 e. The summed E-state index contributed by atoms with van der Waals surface area (Å²) in [4.78, 5) is 37.5. The molecule has 2 heterocycles. The molecule has 2 fully saturated rings. The smallest absolute Gasteiger partial charge is 0.410 e. The molecule has 0 N–H and O–H groups in total. The first-order valence-electron chi connectivity index (χ1n) is 6.80. The minimum absolute atomic E-state index is 0.0673. The second-order valence-corrected chi connectivity index (χ2v) is 7.04. The lowest BCUT2D eigenvalue weighted by Gasteiger charge is -2.38. The van der Waals surface area contributed by atoms with Crippen LogP contribution in [0.5, 0.6) is 0 Å². The molecule has 2 aliphatic rings. The van der Waals surface area contributed by atoms with Gasteiger partial charge in [-0.25, -0.2) is 9.18 Å². The largest absolute Gasteiger partial charge is 0.444 e. The lowest BCUT2D eigenvalue weighted by atomic mass is 10.0. The number of hydrogen-bond donors (Lipinski definition) is 0. The highest BCUT2D eigenvalue weighted by Crippen LogP contribution is 2.28. The summed E-state index contributed by atoms with van der Waals surface area (Å²) in [6.45, 7) is 5.32. The second kappa shape index (κ2) is 5.82. The molecule has 0 radical (unpaired) electrons. The fraction of sp³-hybridized carbons (Fsp3) is 0.769. The van der Waals surface area contributed by atoms with Crippen molar-refractivity contribution >= 4 is 29.0 Å². The van der Waals surface area contributed by atoms with Crippen LogP contribution in [0, 0.1) is 0 Å². The van der Waals surface area contributed by atoms with Gasteiger partial charge in [0.05, 0.1) is 18.3 Å². The van der Waals surface area contributed by atoms with Gasteiger partial charge in [0.2, 0.25) is 5.91 Å². The molecule has 118 valence electrons. The number of thioether (sulfide) groups is 1. The Kier molecular flexibility index (Phi) is 4.46. The maximum absolute atomic E-state index is 14.3. The molecule has 8 heteroatoms. The van der Waals surface area contributed by atoms with E-state index in [1.165, 1.54) is 4.90 Å². The van der Waals surface area contributed by atoms with Crippen LogP contribution in [0.25, 0.3) is 0 Å². The van der Waals surface area contributed by atoms with Crippen LogP contribution >= 0.6 is 11.8 Å². The fourth-order valence-corrected chi connectivity index (χ4v) is 3.12. The molecule has 2 rings (SSSR count). The van der Waals surface area contributed by atoms with Crippen LogP contribution in [0.3, 0.4) is 0 Å². The first-order valence-corrected chi connectivity index (χ1v) is 7.78. The Labute approximate surface area is 127 Å². The first-order chi connectivity index (χ1) is 9.69. The first kappa shape index (κ1) is 16.1. The molecule has 0 aromatic carbocycles. The maximum Gasteiger partial charge on any atom is 0.410 e. The Bertz CT molecular complexity index is 450. The Hall–Kier alpha value is -1.31. The third-order valence-electron chi connectivity index (χ3n) is 3.27. The summed E-state index contributed by atoms with van der Waals surface area (Å²) >= 11 is 0.890. The van der Waals surface area contributed by atoms with Gasteiger partial charge in [0, 0.05) is 6.54 Å². The molecular formula is C13H19FN2O4S. The number of halogens is 1. The van der Waals surface area contributed by atoms with Crippen LogP contribution in [0.1, 0.15) is 27.2 Å². The number of ether oxygens (including phenoxy) is 1. The summed E-state index contributed by atoms with van der Waals surface area (Å²) in [6.07, 6.45) is -1.78. The average molecular weight is 318 g/mol. The van der Waals surface area contributed by atoms with Crippen LogP contribution < -0.4 is 0 Å². The Morgan fingerprint density at radius 1 is 1.38 bits per heavy atom. The van der Waals surface area contributed by atoms with E-state index in [0.717, 1.165) is 16.7 Å². The number of piperidine rings is 1. The van der Waals surface area contributed by atoms with Crippen molar-refractivity contribution in [3.05, 3.63) is 0 Å². The van der Waals surface area contributed by atoms with E-state index in [0.29, 0.717) is 0 Å². The van der Waals surface area contributed by atoms with Crippen molar-refractivity contribution in [1.29, 1.82) is 0 Å². The molecule has 0 aromatic rings. The van der Waals surface area contributed by atoms with Gasteiger partial charge in [0.1, 0.15) is 11.8 Å². The highest BCUT2D eigenvalue weighted by molar-refractivity contribution is 8.14. The van der Waals surface area contributed by atoms with E-state index in [4.69, 9.17) is 4.74 Å². The molecule has 3 amide bonds. The van der Waals surface area contributed by atoms with Crippen molar-refractivity contribution in [3.63, 3.8) is 0 Å². The lowest BCUT2D eigenvalue weighted by molar-refractivity contribution is -0.128. The van der Waals surface area contributed by atoms with Gasteiger partial charge >= 0.3 is 6.09 Å². The molecule has 0 saturated carbocycles. The summed E-state index contributed by atoms with van der Waals surface area (Å²) in [5.41, 5.74) is -0.642. The summed E-state index contributed by atoms with van der Waals surface area (Å²) in [5.74, 6) is -0.291. The summed E-state index contributed by atoms with van der Waals surface area (Å²) in [6, 6.07) is -0.779. The molecule has 2 aliphatic heterocycles. The highest BCUT2D eigenvalue weighted by atomic mass is 32.2. The summed E-state index contributed by atoms with van der Waals surface area (Å²) in [5, 5.41) is -0.404. The van der Waals surface area contributed by atoms with Crippen LogP contribution in [0.4, 0.5) is 14.0 Å². The van der Waals surface area contributed by atoms with Crippen molar-refractivity contribution in [1.82, 2.24) is 9.80 Å². The van der Waals surface area contributed by atoms with Crippen molar-refractivity contribution in [2.75, 3.05) is 18.8 Å². The van der Waals surface area contributed by atoms with Crippen molar-refractivity contribution < 1.29 is 23.5 Å². The SMILES string of the molecule is CC(C)(C)OC(=O)N1CCC(N2C(=O)CSC2=O)C(F)C1. The van der Waals surface area contributed by atoms with Gasteiger partial charge in [0.25, 0.3) is 5.24 Å². The van der Waals surface area contributed by atoms with E-state index in [1.807, 2.05) is 0 Å². The summed E-state index contributed by atoms with van der Waals surface area (Å²) in [7, 11) is 0. The number of nitrogens with zero attached hydrogens (tertiary/aromatic N) is 2. The highest BCUT2D eigenvalue weighted by Gasteiger charge is 2.43. The molecular weight excluding hydrogens is 299 g/mol. The molecule has 2 unspecified atom stereocenters. The molecule has 0 bridgehead atoms. The van der Waals surface area contributed by atoms with Gasteiger partial charge in [-0.3, -0.25) is 14.5 Å².